The molecule has 1 N–H and O–H groups in total. The van der Waals surface area contributed by atoms with Crippen molar-refractivity contribution in [3.8, 4) is 0 Å². The zero-order chi connectivity index (χ0) is 16.2. The molecule has 0 unspecified atom stereocenters. The van der Waals surface area contributed by atoms with Crippen LogP contribution in [-0.4, -0.2) is 10.9 Å². The van der Waals surface area contributed by atoms with Gasteiger partial charge in [0, 0.05) is 10.9 Å². The van der Waals surface area contributed by atoms with E-state index in [2.05, 4.69) is 26.2 Å². The van der Waals surface area contributed by atoms with E-state index in [9.17, 15) is 9.18 Å². The minimum atomic E-state index is -0.293. The Hall–Kier alpha value is -1.79. The second-order valence-electron chi connectivity index (χ2n) is 5.09. The zero-order valence-electron chi connectivity index (χ0n) is 12.2. The molecule has 118 valence electrons. The summed E-state index contributed by atoms with van der Waals surface area (Å²) < 4.78 is 15.5. The van der Waals surface area contributed by atoms with Crippen LogP contribution in [0.3, 0.4) is 0 Å². The number of halogens is 2. The number of aromatic nitrogens is 1. The van der Waals surface area contributed by atoms with Crippen LogP contribution in [0.25, 0.3) is 10.2 Å². The standard InChI is InChI=1S/C17H14BrFN2OS/c18-12-7-5-11(13(19)9-12)6-8-16(22)20-10-17-21-14-3-1-2-4-15(14)23-17/h1-5,7,9H,6,8,10H2,(H,20,22). The Labute approximate surface area is 145 Å². The van der Waals surface area contributed by atoms with Gasteiger partial charge in [0.05, 0.1) is 16.8 Å². The lowest BCUT2D eigenvalue weighted by molar-refractivity contribution is -0.121. The molecule has 0 saturated heterocycles. The van der Waals surface area contributed by atoms with Crippen LogP contribution < -0.4 is 5.32 Å². The summed E-state index contributed by atoms with van der Waals surface area (Å²) in [7, 11) is 0. The van der Waals surface area contributed by atoms with Crippen LogP contribution in [0.15, 0.2) is 46.9 Å². The van der Waals surface area contributed by atoms with Crippen molar-refractivity contribution in [2.24, 2.45) is 0 Å². The first-order valence-electron chi connectivity index (χ1n) is 7.17. The Morgan fingerprint density at radius 1 is 1.26 bits per heavy atom. The molecule has 23 heavy (non-hydrogen) atoms. The van der Waals surface area contributed by atoms with E-state index in [-0.39, 0.29) is 18.1 Å². The van der Waals surface area contributed by atoms with Gasteiger partial charge in [0.25, 0.3) is 0 Å². The Balaban J connectivity index is 1.53. The molecule has 1 amide bonds. The Morgan fingerprint density at radius 2 is 2.09 bits per heavy atom. The molecule has 1 heterocycles. The minimum Gasteiger partial charge on any atom is -0.350 e. The molecule has 0 bridgehead atoms. The molecule has 0 saturated carbocycles. The Bertz CT molecular complexity index is 816. The summed E-state index contributed by atoms with van der Waals surface area (Å²) in [5.74, 6) is -0.398. The molecule has 3 aromatic rings. The maximum absolute atomic E-state index is 13.7. The third kappa shape index (κ3) is 4.14. The van der Waals surface area contributed by atoms with Gasteiger partial charge in [0.15, 0.2) is 0 Å². The number of thiazole rings is 1. The normalized spacial score (nSPS) is 10.9. The lowest BCUT2D eigenvalue weighted by atomic mass is 10.1. The van der Waals surface area contributed by atoms with Crippen molar-refractivity contribution >= 4 is 43.4 Å². The second-order valence-corrected chi connectivity index (χ2v) is 7.12. The number of aryl methyl sites for hydroxylation is 1. The maximum Gasteiger partial charge on any atom is 0.220 e. The van der Waals surface area contributed by atoms with Crippen LogP contribution in [-0.2, 0) is 17.8 Å². The molecule has 3 nitrogen and oxygen atoms in total. The SMILES string of the molecule is O=C(CCc1ccc(Br)cc1F)NCc1nc2ccccc2s1. The molecule has 0 aliphatic rings. The third-order valence-electron chi connectivity index (χ3n) is 3.41. The summed E-state index contributed by atoms with van der Waals surface area (Å²) >= 11 is 4.78. The monoisotopic (exact) mass is 392 g/mol. The number of amides is 1. The van der Waals surface area contributed by atoms with Crippen LogP contribution in [0.2, 0.25) is 0 Å². The van der Waals surface area contributed by atoms with Crippen molar-refractivity contribution in [1.29, 1.82) is 0 Å². The quantitative estimate of drug-likeness (QED) is 0.696. The highest BCUT2D eigenvalue weighted by atomic mass is 79.9. The fraction of sp³-hybridized carbons (Fsp3) is 0.176. The van der Waals surface area contributed by atoms with Gasteiger partial charge in [-0.2, -0.15) is 0 Å². The molecule has 0 aliphatic carbocycles. The summed E-state index contributed by atoms with van der Waals surface area (Å²) in [5, 5.41) is 3.71. The number of carbonyl (C=O) groups is 1. The largest absolute Gasteiger partial charge is 0.350 e. The summed E-state index contributed by atoms with van der Waals surface area (Å²) in [4.78, 5) is 16.4. The number of fused-ring (bicyclic) bond motifs is 1. The number of benzene rings is 2. The number of carbonyl (C=O) groups excluding carboxylic acids is 1. The van der Waals surface area contributed by atoms with Gasteiger partial charge >= 0.3 is 0 Å². The van der Waals surface area contributed by atoms with E-state index < -0.39 is 0 Å². The van der Waals surface area contributed by atoms with Crippen LogP contribution in [0.1, 0.15) is 17.0 Å². The van der Waals surface area contributed by atoms with Gasteiger partial charge < -0.3 is 5.32 Å². The molecule has 0 fully saturated rings. The number of rotatable bonds is 5. The molecular weight excluding hydrogens is 379 g/mol. The van der Waals surface area contributed by atoms with Crippen LogP contribution in [0, 0.1) is 5.82 Å². The van der Waals surface area contributed by atoms with Gasteiger partial charge in [-0.3, -0.25) is 4.79 Å². The lowest BCUT2D eigenvalue weighted by Gasteiger charge is -2.05. The maximum atomic E-state index is 13.7. The second kappa shape index (κ2) is 7.19. The average Bonchev–Trinajstić information content (AvgIpc) is 2.95. The first-order chi connectivity index (χ1) is 11.1. The molecule has 3 rings (SSSR count). The van der Waals surface area contributed by atoms with E-state index in [0.29, 0.717) is 23.0 Å². The minimum absolute atomic E-state index is 0.105. The Morgan fingerprint density at radius 3 is 2.87 bits per heavy atom. The highest BCUT2D eigenvalue weighted by Crippen LogP contribution is 2.21. The van der Waals surface area contributed by atoms with Crippen molar-refractivity contribution < 1.29 is 9.18 Å². The molecule has 0 aliphatic heterocycles. The first-order valence-corrected chi connectivity index (χ1v) is 8.78. The smallest absolute Gasteiger partial charge is 0.220 e. The van der Waals surface area contributed by atoms with Gasteiger partial charge in [0.1, 0.15) is 10.8 Å². The molecule has 0 spiro atoms. The summed E-state index contributed by atoms with van der Waals surface area (Å²) in [6, 6.07) is 12.8. The lowest BCUT2D eigenvalue weighted by Crippen LogP contribution is -2.23. The number of nitrogens with one attached hydrogen (secondary N) is 1. The molecule has 1 aromatic heterocycles. The first kappa shape index (κ1) is 16.1. The van der Waals surface area contributed by atoms with E-state index in [1.165, 1.54) is 6.07 Å². The van der Waals surface area contributed by atoms with E-state index in [1.807, 2.05) is 24.3 Å². The van der Waals surface area contributed by atoms with Gasteiger partial charge in [-0.05, 0) is 36.2 Å². The number of para-hydroxylation sites is 1. The van der Waals surface area contributed by atoms with Crippen LogP contribution >= 0.6 is 27.3 Å². The fourth-order valence-corrected chi connectivity index (χ4v) is 3.47. The summed E-state index contributed by atoms with van der Waals surface area (Å²) in [5.41, 5.74) is 1.49. The van der Waals surface area contributed by atoms with E-state index in [4.69, 9.17) is 0 Å². The third-order valence-corrected chi connectivity index (χ3v) is 4.94. The molecule has 0 radical (unpaired) electrons. The summed E-state index contributed by atoms with van der Waals surface area (Å²) in [6.07, 6.45) is 0.633. The zero-order valence-corrected chi connectivity index (χ0v) is 14.6. The van der Waals surface area contributed by atoms with Crippen molar-refractivity contribution in [3.05, 3.63) is 63.3 Å². The van der Waals surface area contributed by atoms with Gasteiger partial charge in [-0.25, -0.2) is 9.37 Å². The van der Waals surface area contributed by atoms with Crippen molar-refractivity contribution in [3.63, 3.8) is 0 Å². The van der Waals surface area contributed by atoms with E-state index >= 15 is 0 Å². The molecule has 0 atom stereocenters. The van der Waals surface area contributed by atoms with Gasteiger partial charge in [-0.15, -0.1) is 11.3 Å². The van der Waals surface area contributed by atoms with Crippen LogP contribution in [0.5, 0.6) is 0 Å². The number of nitrogens with zero attached hydrogens (tertiary/aromatic N) is 1. The highest BCUT2D eigenvalue weighted by Gasteiger charge is 2.08. The number of hydrogen-bond donors (Lipinski definition) is 1. The van der Waals surface area contributed by atoms with E-state index in [1.54, 1.807) is 23.5 Å². The van der Waals surface area contributed by atoms with Crippen LogP contribution in [0.4, 0.5) is 4.39 Å². The van der Waals surface area contributed by atoms with Gasteiger partial charge in [-0.1, -0.05) is 34.1 Å². The topological polar surface area (TPSA) is 42.0 Å². The van der Waals surface area contributed by atoms with Crippen molar-refractivity contribution in [2.75, 3.05) is 0 Å². The highest BCUT2D eigenvalue weighted by molar-refractivity contribution is 9.10. The average molecular weight is 393 g/mol. The molecule has 6 heteroatoms. The molecule has 2 aromatic carbocycles. The Kier molecular flexibility index (Phi) is 5.03. The predicted octanol–water partition coefficient (Wildman–Crippen LogP) is 4.45. The fourth-order valence-electron chi connectivity index (χ4n) is 2.23. The van der Waals surface area contributed by atoms with Gasteiger partial charge in [0.2, 0.25) is 5.91 Å². The molecular formula is C17H14BrFN2OS. The van der Waals surface area contributed by atoms with E-state index in [0.717, 1.165) is 15.2 Å². The number of hydrogen-bond acceptors (Lipinski definition) is 3. The predicted molar refractivity (Wildman–Crippen MR) is 93.9 cm³/mol. The van der Waals surface area contributed by atoms with Crippen molar-refractivity contribution in [1.82, 2.24) is 10.3 Å². The summed E-state index contributed by atoms with van der Waals surface area (Å²) in [6.45, 7) is 0.404. The van der Waals surface area contributed by atoms with Crippen molar-refractivity contribution in [2.45, 2.75) is 19.4 Å².